The van der Waals surface area contributed by atoms with Crippen molar-refractivity contribution in [3.05, 3.63) is 35.2 Å². The van der Waals surface area contributed by atoms with Crippen molar-refractivity contribution >= 4 is 32.7 Å². The molecular weight excluding hydrogens is 412 g/mol. The van der Waals surface area contributed by atoms with E-state index >= 15 is 0 Å². The van der Waals surface area contributed by atoms with Crippen LogP contribution in [-0.2, 0) is 10.0 Å². The quantitative estimate of drug-likeness (QED) is 0.663. The minimum Gasteiger partial charge on any atom is -0.318 e. The summed E-state index contributed by atoms with van der Waals surface area (Å²) in [5, 5.41) is 10.9. The zero-order valence-corrected chi connectivity index (χ0v) is 17.5. The van der Waals surface area contributed by atoms with Gasteiger partial charge in [0.25, 0.3) is 0 Å². The van der Waals surface area contributed by atoms with Gasteiger partial charge in [0.05, 0.1) is 23.0 Å². The molecule has 0 atom stereocenters. The fourth-order valence-corrected chi connectivity index (χ4v) is 4.75. The Morgan fingerprint density at radius 1 is 1.24 bits per heavy atom. The van der Waals surface area contributed by atoms with Gasteiger partial charge in [-0.1, -0.05) is 11.6 Å². The van der Waals surface area contributed by atoms with Crippen LogP contribution in [0.3, 0.4) is 0 Å². The Balaban J connectivity index is 1.89. The summed E-state index contributed by atoms with van der Waals surface area (Å²) in [5.41, 5.74) is 1.59. The van der Waals surface area contributed by atoms with Gasteiger partial charge in [-0.15, -0.1) is 0 Å². The molecule has 0 aliphatic heterocycles. The fourth-order valence-electron chi connectivity index (χ4n) is 3.45. The fraction of sp³-hybridized carbons (Fsp3) is 0.368. The van der Waals surface area contributed by atoms with Gasteiger partial charge in [-0.3, -0.25) is 0 Å². The first-order valence-electron chi connectivity index (χ1n) is 9.26. The Hall–Kier alpha value is -2.54. The van der Waals surface area contributed by atoms with Crippen LogP contribution in [-0.4, -0.2) is 34.0 Å². The van der Waals surface area contributed by atoms with Crippen LogP contribution in [0, 0.1) is 11.3 Å². The molecular formula is C19H19ClN6O2S. The molecule has 8 nitrogen and oxygen atoms in total. The molecule has 0 amide bonds. The molecule has 0 aromatic carbocycles. The highest BCUT2D eigenvalue weighted by atomic mass is 35.5. The molecule has 3 aromatic rings. The van der Waals surface area contributed by atoms with Crippen LogP contribution in [0.1, 0.15) is 44.7 Å². The molecule has 3 aromatic heterocycles. The molecule has 1 fully saturated rings. The molecule has 29 heavy (non-hydrogen) atoms. The highest BCUT2D eigenvalue weighted by Crippen LogP contribution is 2.41. The monoisotopic (exact) mass is 430 g/mol. The molecule has 1 aliphatic carbocycles. The SMILES string of the molecule is CC(C)NS(=O)(=O)c1cnc(-c2c(C#N)c3cc(Cl)cnc3n2C2CCC2)nc1. The number of hydrogen-bond donors (Lipinski definition) is 1. The summed E-state index contributed by atoms with van der Waals surface area (Å²) in [7, 11) is -3.70. The Labute approximate surface area is 173 Å². The van der Waals surface area contributed by atoms with E-state index in [-0.39, 0.29) is 22.8 Å². The number of sulfonamides is 1. The zero-order valence-electron chi connectivity index (χ0n) is 15.9. The first-order valence-corrected chi connectivity index (χ1v) is 11.1. The van der Waals surface area contributed by atoms with Crippen molar-refractivity contribution in [1.82, 2.24) is 24.2 Å². The number of hydrogen-bond acceptors (Lipinski definition) is 6. The minimum atomic E-state index is -3.70. The van der Waals surface area contributed by atoms with Gasteiger partial charge in [0.1, 0.15) is 22.3 Å². The topological polar surface area (TPSA) is 114 Å². The van der Waals surface area contributed by atoms with Crippen molar-refractivity contribution in [2.45, 2.75) is 50.1 Å². The molecule has 1 saturated carbocycles. The molecule has 0 bridgehead atoms. The van der Waals surface area contributed by atoms with E-state index in [1.807, 2.05) is 4.57 Å². The van der Waals surface area contributed by atoms with Gasteiger partial charge in [0, 0.05) is 23.7 Å². The number of nitriles is 1. The normalized spacial score (nSPS) is 14.9. The third-order valence-corrected chi connectivity index (χ3v) is 6.72. The lowest BCUT2D eigenvalue weighted by molar-refractivity contribution is 0.322. The van der Waals surface area contributed by atoms with Crippen LogP contribution in [0.15, 0.2) is 29.6 Å². The molecule has 1 N–H and O–H groups in total. The van der Waals surface area contributed by atoms with E-state index in [4.69, 9.17) is 11.6 Å². The predicted octanol–water partition coefficient (Wildman–Crippen LogP) is 3.43. The van der Waals surface area contributed by atoms with Crippen molar-refractivity contribution in [2.24, 2.45) is 0 Å². The summed E-state index contributed by atoms with van der Waals surface area (Å²) < 4.78 is 29.2. The number of fused-ring (bicyclic) bond motifs is 1. The van der Waals surface area contributed by atoms with Gasteiger partial charge in [0.15, 0.2) is 5.82 Å². The van der Waals surface area contributed by atoms with E-state index in [1.165, 1.54) is 12.4 Å². The van der Waals surface area contributed by atoms with Crippen LogP contribution < -0.4 is 4.72 Å². The summed E-state index contributed by atoms with van der Waals surface area (Å²) in [6.45, 7) is 3.47. The van der Waals surface area contributed by atoms with Crippen LogP contribution in [0.5, 0.6) is 0 Å². The summed E-state index contributed by atoms with van der Waals surface area (Å²) >= 11 is 6.11. The predicted molar refractivity (Wildman–Crippen MR) is 109 cm³/mol. The second-order valence-electron chi connectivity index (χ2n) is 7.33. The average molecular weight is 431 g/mol. The maximum Gasteiger partial charge on any atom is 0.243 e. The molecule has 10 heteroatoms. The molecule has 4 rings (SSSR count). The summed E-state index contributed by atoms with van der Waals surface area (Å²) in [6.07, 6.45) is 7.11. The summed E-state index contributed by atoms with van der Waals surface area (Å²) in [6, 6.07) is 3.89. The Morgan fingerprint density at radius 2 is 1.93 bits per heavy atom. The lowest BCUT2D eigenvalue weighted by Gasteiger charge is -2.29. The second-order valence-corrected chi connectivity index (χ2v) is 9.48. The maximum absolute atomic E-state index is 12.3. The molecule has 3 heterocycles. The number of nitrogens with zero attached hydrogens (tertiary/aromatic N) is 5. The second kappa shape index (κ2) is 7.37. The lowest BCUT2D eigenvalue weighted by atomic mass is 9.92. The van der Waals surface area contributed by atoms with Gasteiger partial charge in [-0.2, -0.15) is 5.26 Å². The number of nitrogens with one attached hydrogen (secondary N) is 1. The van der Waals surface area contributed by atoms with E-state index in [2.05, 4.69) is 25.7 Å². The van der Waals surface area contributed by atoms with Crippen molar-refractivity contribution in [3.63, 3.8) is 0 Å². The van der Waals surface area contributed by atoms with Crippen LogP contribution in [0.2, 0.25) is 5.02 Å². The van der Waals surface area contributed by atoms with Crippen LogP contribution in [0.4, 0.5) is 0 Å². The minimum absolute atomic E-state index is 0.0269. The number of pyridine rings is 1. The molecule has 150 valence electrons. The van der Waals surface area contributed by atoms with Crippen LogP contribution >= 0.6 is 11.6 Å². The third kappa shape index (κ3) is 3.48. The lowest BCUT2D eigenvalue weighted by Crippen LogP contribution is -2.30. The number of halogens is 1. The number of rotatable bonds is 5. The maximum atomic E-state index is 12.3. The highest BCUT2D eigenvalue weighted by molar-refractivity contribution is 7.89. The Morgan fingerprint density at radius 3 is 2.48 bits per heavy atom. The van der Waals surface area contributed by atoms with Crippen molar-refractivity contribution in [3.8, 4) is 17.6 Å². The van der Waals surface area contributed by atoms with E-state index in [1.54, 1.807) is 26.1 Å². The Bertz CT molecular complexity index is 1220. The molecule has 1 aliphatic rings. The molecule has 0 radical (unpaired) electrons. The summed E-state index contributed by atoms with van der Waals surface area (Å²) in [4.78, 5) is 13.0. The molecule has 0 saturated heterocycles. The average Bonchev–Trinajstić information content (AvgIpc) is 2.92. The molecule has 0 unspecified atom stereocenters. The first-order chi connectivity index (χ1) is 13.8. The first kappa shape index (κ1) is 19.8. The highest BCUT2D eigenvalue weighted by Gasteiger charge is 2.30. The van der Waals surface area contributed by atoms with E-state index < -0.39 is 10.0 Å². The van der Waals surface area contributed by atoms with Crippen LogP contribution in [0.25, 0.3) is 22.6 Å². The van der Waals surface area contributed by atoms with E-state index in [0.29, 0.717) is 27.3 Å². The summed E-state index contributed by atoms with van der Waals surface area (Å²) in [5.74, 6) is 0.283. The standard InChI is InChI=1S/C19H19ClN6O2S/c1-11(2)25-29(27,28)14-9-22-18(23-10-14)17-16(7-21)15-6-12(20)8-24-19(15)26(17)13-4-3-5-13/h6,8-11,13,25H,3-5H2,1-2H3. The van der Waals surface area contributed by atoms with Crippen molar-refractivity contribution in [2.75, 3.05) is 0 Å². The van der Waals surface area contributed by atoms with Gasteiger partial charge in [0.2, 0.25) is 10.0 Å². The largest absolute Gasteiger partial charge is 0.318 e. The van der Waals surface area contributed by atoms with Crippen molar-refractivity contribution < 1.29 is 8.42 Å². The number of aromatic nitrogens is 4. The smallest absolute Gasteiger partial charge is 0.243 e. The Kier molecular flexibility index (Phi) is 5.02. The van der Waals surface area contributed by atoms with Gasteiger partial charge < -0.3 is 4.57 Å². The molecule has 0 spiro atoms. The zero-order chi connectivity index (χ0) is 20.8. The third-order valence-electron chi connectivity index (χ3n) is 4.90. The van der Waals surface area contributed by atoms with E-state index in [0.717, 1.165) is 19.3 Å². The van der Waals surface area contributed by atoms with E-state index in [9.17, 15) is 13.7 Å². The van der Waals surface area contributed by atoms with Gasteiger partial charge in [-0.05, 0) is 39.2 Å². The van der Waals surface area contributed by atoms with Gasteiger partial charge in [-0.25, -0.2) is 28.1 Å². The van der Waals surface area contributed by atoms with Gasteiger partial charge >= 0.3 is 0 Å². The van der Waals surface area contributed by atoms with Crippen molar-refractivity contribution in [1.29, 1.82) is 5.26 Å².